The van der Waals surface area contributed by atoms with Crippen LogP contribution < -0.4 is 4.74 Å². The summed E-state index contributed by atoms with van der Waals surface area (Å²) in [4.78, 5) is 4.15. The van der Waals surface area contributed by atoms with Gasteiger partial charge in [-0.3, -0.25) is 0 Å². The molecule has 1 heterocycles. The lowest BCUT2D eigenvalue weighted by molar-refractivity contribution is 0.00651. The van der Waals surface area contributed by atoms with Crippen molar-refractivity contribution in [2.24, 2.45) is 0 Å². The van der Waals surface area contributed by atoms with E-state index in [1.54, 1.807) is 24.3 Å². The normalized spacial score (nSPS) is 14.5. The molecule has 0 saturated heterocycles. The summed E-state index contributed by atoms with van der Waals surface area (Å²) in [7, 11) is 0. The summed E-state index contributed by atoms with van der Waals surface area (Å²) in [5.41, 5.74) is 1.27. The molecule has 2 atom stereocenters. The van der Waals surface area contributed by atoms with E-state index in [-0.39, 0.29) is 23.6 Å². The highest BCUT2D eigenvalue weighted by atomic mass is 79.9. The molecule has 3 aromatic carbocycles. The Kier molecular flexibility index (Phi) is 11.4. The van der Waals surface area contributed by atoms with Crippen LogP contribution in [0.3, 0.4) is 0 Å². The zero-order valence-electron chi connectivity index (χ0n) is 19.0. The van der Waals surface area contributed by atoms with Gasteiger partial charge >= 0.3 is 0 Å². The average Bonchev–Trinajstić information content (AvgIpc) is 3.31. The van der Waals surface area contributed by atoms with Crippen molar-refractivity contribution in [1.82, 2.24) is 9.80 Å². The van der Waals surface area contributed by atoms with Gasteiger partial charge in [-0.2, -0.15) is 0 Å². The van der Waals surface area contributed by atoms with Crippen LogP contribution in [-0.4, -0.2) is 35.1 Å². The van der Waals surface area contributed by atoms with E-state index in [0.29, 0.717) is 39.9 Å². The van der Waals surface area contributed by atoms with E-state index < -0.39 is 11.6 Å². The van der Waals surface area contributed by atoms with Gasteiger partial charge in [-0.25, -0.2) is 0 Å². The zero-order chi connectivity index (χ0) is 24.8. The highest BCUT2D eigenvalue weighted by molar-refractivity contribution is 8.93. The van der Waals surface area contributed by atoms with Crippen molar-refractivity contribution in [3.8, 4) is 5.75 Å². The molecule has 2 unspecified atom stereocenters. The van der Waals surface area contributed by atoms with E-state index in [4.69, 9.17) is 67.5 Å². The molecule has 4 nitrogen and oxygen atoms in total. The molecule has 3 aromatic rings. The molecule has 0 aliphatic carbocycles. The molecule has 10 heteroatoms. The van der Waals surface area contributed by atoms with E-state index in [2.05, 4.69) is 4.90 Å². The second-order valence-corrected chi connectivity index (χ2v) is 10.1. The van der Waals surface area contributed by atoms with E-state index in [0.717, 1.165) is 16.9 Å². The van der Waals surface area contributed by atoms with Crippen LogP contribution in [-0.2, 0) is 11.3 Å². The van der Waals surface area contributed by atoms with Gasteiger partial charge in [-0.1, -0.05) is 76.2 Å². The van der Waals surface area contributed by atoms with E-state index >= 15 is 0 Å². The Labute approximate surface area is 247 Å². The molecule has 0 N–H and O–H groups in total. The van der Waals surface area contributed by atoms with Gasteiger partial charge in [0, 0.05) is 32.5 Å². The molecule has 4 rings (SSSR count). The third kappa shape index (κ3) is 8.09. The van der Waals surface area contributed by atoms with Crippen LogP contribution in [0.4, 0.5) is 0 Å². The number of alkyl halides is 1. The Bertz CT molecular complexity index is 1150. The predicted molar refractivity (Wildman–Crippen MR) is 155 cm³/mol. The van der Waals surface area contributed by atoms with Gasteiger partial charge in [0.15, 0.2) is 0 Å². The summed E-state index contributed by atoms with van der Waals surface area (Å²) < 4.78 is 12.1. The molecule has 0 fully saturated rings. The highest BCUT2D eigenvalue weighted by Crippen LogP contribution is 2.33. The van der Waals surface area contributed by atoms with Gasteiger partial charge in [-0.15, -0.1) is 17.0 Å². The first-order valence-electron chi connectivity index (χ1n) is 10.9. The highest BCUT2D eigenvalue weighted by Gasteiger charge is 2.29. The van der Waals surface area contributed by atoms with Crippen molar-refractivity contribution >= 4 is 75.0 Å². The number of hydrogen-bond donors (Lipinski definition) is 0. The molecule has 0 saturated carbocycles. The summed E-state index contributed by atoms with van der Waals surface area (Å²) in [6, 6.07) is 20.1. The number of hydrogen-bond acceptors (Lipinski definition) is 4. The van der Waals surface area contributed by atoms with Crippen molar-refractivity contribution in [2.45, 2.75) is 18.2 Å². The van der Waals surface area contributed by atoms with Gasteiger partial charge < -0.3 is 19.3 Å². The average molecular weight is 654 g/mol. The fourth-order valence-corrected chi connectivity index (χ4v) is 4.64. The Morgan fingerprint density at radius 1 is 0.806 bits per heavy atom. The van der Waals surface area contributed by atoms with Gasteiger partial charge in [0.1, 0.15) is 24.0 Å². The first-order chi connectivity index (χ1) is 16.9. The van der Waals surface area contributed by atoms with Gasteiger partial charge in [-0.05, 0) is 59.7 Å². The minimum absolute atomic E-state index is 0. The van der Waals surface area contributed by atoms with Crippen LogP contribution in [0.15, 0.2) is 79.1 Å². The molecule has 0 bridgehead atoms. The molecule has 1 aliphatic heterocycles. The number of benzene rings is 3. The lowest BCUT2D eigenvalue weighted by Gasteiger charge is -2.31. The summed E-state index contributed by atoms with van der Waals surface area (Å²) in [5, 5.41) is 2.45. The second kappa shape index (κ2) is 14.0. The van der Waals surface area contributed by atoms with Crippen molar-refractivity contribution in [3.63, 3.8) is 0 Å². The van der Waals surface area contributed by atoms with Crippen LogP contribution in [0, 0.1) is 0 Å². The number of rotatable bonds is 10. The SMILES string of the molecule is Br.Clc1ccc(OCCN2C=CN(C(Cl)C(OCc3ccc(Cl)cc3Cl)c3ccc(Cl)cc3)C2)cc1. The van der Waals surface area contributed by atoms with Crippen LogP contribution in [0.25, 0.3) is 0 Å². The van der Waals surface area contributed by atoms with Crippen molar-refractivity contribution in [1.29, 1.82) is 0 Å². The van der Waals surface area contributed by atoms with Crippen LogP contribution in [0.5, 0.6) is 5.75 Å². The summed E-state index contributed by atoms with van der Waals surface area (Å²) >= 11 is 31.4. The van der Waals surface area contributed by atoms with Crippen LogP contribution in [0.2, 0.25) is 20.1 Å². The largest absolute Gasteiger partial charge is 0.492 e. The molecule has 0 radical (unpaired) electrons. The van der Waals surface area contributed by atoms with E-state index in [9.17, 15) is 0 Å². The van der Waals surface area contributed by atoms with Crippen molar-refractivity contribution in [3.05, 3.63) is 110 Å². The molecule has 0 spiro atoms. The Balaban J connectivity index is 0.00000361. The number of halogens is 6. The van der Waals surface area contributed by atoms with Gasteiger partial charge in [0.05, 0.1) is 19.8 Å². The first kappa shape index (κ1) is 29.2. The van der Waals surface area contributed by atoms with E-state index in [1.807, 2.05) is 59.8 Å². The molecule has 36 heavy (non-hydrogen) atoms. The van der Waals surface area contributed by atoms with E-state index in [1.165, 1.54) is 0 Å². The third-order valence-corrected chi connectivity index (χ3v) is 7.04. The lowest BCUT2D eigenvalue weighted by atomic mass is 10.1. The maximum Gasteiger partial charge on any atom is 0.135 e. The third-order valence-electron chi connectivity index (χ3n) is 5.47. The number of nitrogens with zero attached hydrogens (tertiary/aromatic N) is 2. The van der Waals surface area contributed by atoms with Gasteiger partial charge in [0.2, 0.25) is 0 Å². The molecular weight excluding hydrogens is 629 g/mol. The fourth-order valence-electron chi connectivity index (χ4n) is 3.58. The quantitative estimate of drug-likeness (QED) is 0.161. The predicted octanol–water partition coefficient (Wildman–Crippen LogP) is 8.83. The monoisotopic (exact) mass is 650 g/mol. The van der Waals surface area contributed by atoms with Crippen molar-refractivity contribution < 1.29 is 9.47 Å². The lowest BCUT2D eigenvalue weighted by Crippen LogP contribution is -2.36. The second-order valence-electron chi connectivity index (χ2n) is 7.96. The standard InChI is InChI=1S/C26H23Cl5N2O2.BrH/c27-20-4-1-18(2-5-20)25(35-16-19-3-6-22(29)15-24(19)30)26(31)33-12-11-32(17-33)13-14-34-23-9-7-21(28)8-10-23;/h1-12,15,25-26H,13-14,16-17H2;1H. The Morgan fingerprint density at radius 2 is 1.44 bits per heavy atom. The Hall–Kier alpha value is -1.31. The number of ether oxygens (including phenoxy) is 2. The van der Waals surface area contributed by atoms with Crippen molar-refractivity contribution in [2.75, 3.05) is 19.8 Å². The fraction of sp³-hybridized carbons (Fsp3) is 0.231. The van der Waals surface area contributed by atoms with Crippen LogP contribution >= 0.6 is 75.0 Å². The molecule has 0 aromatic heterocycles. The minimum Gasteiger partial charge on any atom is -0.492 e. The molecule has 192 valence electrons. The van der Waals surface area contributed by atoms with Crippen LogP contribution in [0.1, 0.15) is 17.2 Å². The summed E-state index contributed by atoms with van der Waals surface area (Å²) in [6.07, 6.45) is 3.52. The van der Waals surface area contributed by atoms with Gasteiger partial charge in [0.25, 0.3) is 0 Å². The smallest absolute Gasteiger partial charge is 0.135 e. The maximum absolute atomic E-state index is 6.96. The first-order valence-corrected chi connectivity index (χ1v) is 12.9. The zero-order valence-corrected chi connectivity index (χ0v) is 24.5. The minimum atomic E-state index is -0.472. The summed E-state index contributed by atoms with van der Waals surface area (Å²) in [6.45, 7) is 2.11. The topological polar surface area (TPSA) is 24.9 Å². The Morgan fingerprint density at radius 3 is 2.11 bits per heavy atom. The molecule has 1 aliphatic rings. The molecule has 0 amide bonds. The molecular formula is C26H24BrCl5N2O2. The maximum atomic E-state index is 6.96. The summed E-state index contributed by atoms with van der Waals surface area (Å²) in [5.74, 6) is 0.779.